The molecule has 1 rings (SSSR count). The third-order valence-corrected chi connectivity index (χ3v) is 7.75. The summed E-state index contributed by atoms with van der Waals surface area (Å²) in [5, 5.41) is 32.5. The summed E-state index contributed by atoms with van der Waals surface area (Å²) in [6.07, 6.45) is 11.0. The Kier molecular flexibility index (Phi) is 20.6. The van der Waals surface area contributed by atoms with Crippen LogP contribution in [-0.4, -0.2) is 69.1 Å². The number of esters is 2. The molecule has 0 aromatic heterocycles. The minimum absolute atomic E-state index is 0.164. The van der Waals surface area contributed by atoms with Crippen molar-refractivity contribution < 1.29 is 53.6 Å². The lowest BCUT2D eigenvalue weighted by atomic mass is 9.82. The number of allylic oxidation sites excluding steroid dienone is 1. The van der Waals surface area contributed by atoms with Gasteiger partial charge < -0.3 is 30.1 Å². The Morgan fingerprint density at radius 3 is 2.08 bits per heavy atom. The molecule has 0 radical (unpaired) electrons. The minimum atomic E-state index is -3.06. The highest BCUT2D eigenvalue weighted by atomic mass is 16.6. The van der Waals surface area contributed by atoms with E-state index in [1.807, 2.05) is 0 Å². The first kappa shape index (κ1) is 42.5. The number of Topliss-reactive ketones (excluding diaryl/α,β-unsaturated/α-hetero) is 1. The molecule has 0 unspecified atom stereocenters. The van der Waals surface area contributed by atoms with Crippen molar-refractivity contribution in [3.63, 3.8) is 0 Å². The molecule has 0 bridgehead atoms. The highest BCUT2D eigenvalue weighted by Gasteiger charge is 2.49. The van der Waals surface area contributed by atoms with Crippen molar-refractivity contribution >= 4 is 35.6 Å². The van der Waals surface area contributed by atoms with Gasteiger partial charge in [0.05, 0.1) is 12.3 Å². The van der Waals surface area contributed by atoms with Crippen LogP contribution in [-0.2, 0) is 39.9 Å². The first-order chi connectivity index (χ1) is 23.3. The number of aliphatic carboxylic acids is 2. The normalized spacial score (nSPS) is 13.3. The van der Waals surface area contributed by atoms with Gasteiger partial charge in [-0.3, -0.25) is 19.2 Å². The molecule has 0 fully saturated rings. The molecule has 0 spiro atoms. The van der Waals surface area contributed by atoms with Gasteiger partial charge in [-0.05, 0) is 50.3 Å². The van der Waals surface area contributed by atoms with Crippen molar-refractivity contribution in [3.05, 3.63) is 42.0 Å². The first-order valence-electron chi connectivity index (χ1n) is 16.8. The van der Waals surface area contributed by atoms with Crippen LogP contribution in [0, 0.1) is 17.8 Å². The number of unbranched alkanes of at least 4 members (excludes halogenated alkanes) is 8. The van der Waals surface area contributed by atoms with E-state index >= 15 is 0 Å². The number of nitrogens with one attached hydrogen (secondary N) is 1. The van der Waals surface area contributed by atoms with E-state index in [9.17, 15) is 44.1 Å². The zero-order chi connectivity index (χ0) is 36.7. The molecular weight excluding hydrogens is 634 g/mol. The summed E-state index contributed by atoms with van der Waals surface area (Å²) in [4.78, 5) is 73.7. The quantitative estimate of drug-likeness (QED) is 0.0358. The number of hydrogen-bond acceptors (Lipinski definition) is 9. The molecule has 1 aromatic carbocycles. The zero-order valence-corrected chi connectivity index (χ0v) is 28.8. The van der Waals surface area contributed by atoms with Crippen molar-refractivity contribution in [3.8, 4) is 17.6 Å². The van der Waals surface area contributed by atoms with Gasteiger partial charge in [0, 0.05) is 26.2 Å². The lowest BCUT2D eigenvalue weighted by molar-refractivity contribution is -0.172. The fourth-order valence-electron chi connectivity index (χ4n) is 5.05. The monoisotopic (exact) mass is 685 g/mol. The molecule has 1 aromatic rings. The van der Waals surface area contributed by atoms with Crippen LogP contribution in [0.25, 0.3) is 0 Å². The predicted octanol–water partition coefficient (Wildman–Crippen LogP) is 4.94. The summed E-state index contributed by atoms with van der Waals surface area (Å²) in [6.45, 7) is 4.98. The number of hydrogen-bond donors (Lipinski definition) is 4. The molecule has 0 aliphatic carbocycles. The second kappa shape index (κ2) is 23.8. The van der Waals surface area contributed by atoms with E-state index in [0.29, 0.717) is 37.0 Å². The Morgan fingerprint density at radius 1 is 0.918 bits per heavy atom. The van der Waals surface area contributed by atoms with Gasteiger partial charge in [-0.2, -0.15) is 0 Å². The number of benzene rings is 1. The zero-order valence-electron chi connectivity index (χ0n) is 28.8. The van der Waals surface area contributed by atoms with E-state index in [4.69, 9.17) is 9.47 Å². The Bertz CT molecular complexity index is 1330. The Hall–Kier alpha value is -4.50. The molecule has 3 atom stereocenters. The van der Waals surface area contributed by atoms with Gasteiger partial charge in [0.15, 0.2) is 5.60 Å². The van der Waals surface area contributed by atoms with E-state index < -0.39 is 53.8 Å². The van der Waals surface area contributed by atoms with Crippen molar-refractivity contribution in [1.29, 1.82) is 0 Å². The molecule has 1 amide bonds. The summed E-state index contributed by atoms with van der Waals surface area (Å²) in [5.41, 5.74) is -2.54. The second-order valence-corrected chi connectivity index (χ2v) is 11.9. The maximum absolute atomic E-state index is 13.5. The Labute approximate surface area is 288 Å². The molecule has 49 heavy (non-hydrogen) atoms. The Morgan fingerprint density at radius 2 is 1.53 bits per heavy atom. The maximum Gasteiger partial charge on any atom is 0.337 e. The van der Waals surface area contributed by atoms with Crippen molar-refractivity contribution in [2.75, 3.05) is 6.61 Å². The maximum atomic E-state index is 13.5. The van der Waals surface area contributed by atoms with Crippen LogP contribution >= 0.6 is 0 Å². The summed E-state index contributed by atoms with van der Waals surface area (Å²) >= 11 is 0. The molecule has 0 saturated heterocycles. The molecule has 4 N–H and O–H groups in total. The molecular formula is C37H51NO11. The van der Waals surface area contributed by atoms with Crippen LogP contribution in [0.5, 0.6) is 5.75 Å². The average molecular weight is 686 g/mol. The van der Waals surface area contributed by atoms with E-state index in [1.54, 1.807) is 31.2 Å². The van der Waals surface area contributed by atoms with Gasteiger partial charge in [0.2, 0.25) is 5.91 Å². The Balaban J connectivity index is 2.99. The number of carboxylic acids is 2. The molecule has 0 saturated carbocycles. The number of aliphatic hydroxyl groups is 1. The average Bonchev–Trinajstić information content (AvgIpc) is 3.03. The molecule has 12 nitrogen and oxygen atoms in total. The highest BCUT2D eigenvalue weighted by molar-refractivity contribution is 5.96. The summed E-state index contributed by atoms with van der Waals surface area (Å²) in [7, 11) is 0. The van der Waals surface area contributed by atoms with Crippen molar-refractivity contribution in [2.45, 2.75) is 122 Å². The number of ether oxygens (including phenoxy) is 2. The van der Waals surface area contributed by atoms with Crippen LogP contribution in [0.2, 0.25) is 0 Å². The fraction of sp³-hybridized carbons (Fsp3) is 0.568. The van der Waals surface area contributed by atoms with E-state index in [1.165, 1.54) is 12.5 Å². The number of carbonyl (C=O) groups is 6. The van der Waals surface area contributed by atoms with Gasteiger partial charge in [-0.25, -0.2) is 9.59 Å². The largest absolute Gasteiger partial charge is 0.481 e. The van der Waals surface area contributed by atoms with Gasteiger partial charge in [-0.1, -0.05) is 75.7 Å². The number of ketones is 1. The molecule has 0 aliphatic heterocycles. The van der Waals surface area contributed by atoms with Crippen LogP contribution in [0.15, 0.2) is 36.4 Å². The summed E-state index contributed by atoms with van der Waals surface area (Å²) in [6, 6.07) is 4.93. The third kappa shape index (κ3) is 17.5. The lowest BCUT2D eigenvalue weighted by Crippen LogP contribution is -2.55. The third-order valence-electron chi connectivity index (χ3n) is 7.75. The van der Waals surface area contributed by atoms with Crippen LogP contribution < -0.4 is 10.1 Å². The second-order valence-electron chi connectivity index (χ2n) is 11.9. The lowest BCUT2D eigenvalue weighted by Gasteiger charge is -2.29. The van der Waals surface area contributed by atoms with Crippen LogP contribution in [0.4, 0.5) is 0 Å². The van der Waals surface area contributed by atoms with Crippen LogP contribution in [0.3, 0.4) is 0 Å². The molecule has 0 heterocycles. The van der Waals surface area contributed by atoms with Crippen molar-refractivity contribution in [2.24, 2.45) is 5.92 Å². The fourth-order valence-corrected chi connectivity index (χ4v) is 5.05. The van der Waals surface area contributed by atoms with Crippen LogP contribution in [0.1, 0.15) is 110 Å². The smallest absolute Gasteiger partial charge is 0.337 e. The summed E-state index contributed by atoms with van der Waals surface area (Å²) in [5.74, 6) is -2.55. The van der Waals surface area contributed by atoms with E-state index in [0.717, 1.165) is 57.9 Å². The van der Waals surface area contributed by atoms with Gasteiger partial charge in [-0.15, -0.1) is 5.92 Å². The first-order valence-corrected chi connectivity index (χ1v) is 16.8. The SMILES string of the molecule is CC#CCOc1ccc(C[C@H](NC(=O)[C@@H](/C=C/CCCCCCC(=O)CCCCCCC)[C@@](O)(CC(=O)O)C(=O)O)C(=O)OC(C)=O)cc1. The van der Waals surface area contributed by atoms with Gasteiger partial charge >= 0.3 is 23.9 Å². The van der Waals surface area contributed by atoms with E-state index in [2.05, 4.69) is 24.1 Å². The topological polar surface area (TPSA) is 194 Å². The van der Waals surface area contributed by atoms with Gasteiger partial charge in [0.25, 0.3) is 0 Å². The molecule has 270 valence electrons. The van der Waals surface area contributed by atoms with Gasteiger partial charge in [0.1, 0.15) is 24.2 Å². The number of rotatable bonds is 25. The minimum Gasteiger partial charge on any atom is -0.481 e. The van der Waals surface area contributed by atoms with Crippen molar-refractivity contribution in [1.82, 2.24) is 5.32 Å². The summed E-state index contributed by atoms with van der Waals surface area (Å²) < 4.78 is 10.2. The predicted molar refractivity (Wildman–Crippen MR) is 181 cm³/mol. The number of carboxylic acid groups (broad SMARTS) is 2. The standard InChI is InChI=1S/C37H51NO11/c1-4-6-8-11-14-17-29(40)18-15-12-9-10-13-16-19-31(37(47,36(45)46)26-33(41)42)34(43)38-32(35(44)49-27(3)39)25-28-20-22-30(23-21-28)48-24-7-5-2/h16,19-23,31-32,47H,4,6,8-15,17-18,24-26H2,1-3H3,(H,38,43)(H,41,42)(H,45,46)/b19-16+/t31-,32+,37+/m1/s1. The number of carbonyl (C=O) groups excluding carboxylic acids is 4. The molecule has 0 aliphatic rings. The highest BCUT2D eigenvalue weighted by Crippen LogP contribution is 2.26. The van der Waals surface area contributed by atoms with E-state index in [-0.39, 0.29) is 18.8 Å². The molecule has 12 heteroatoms. The number of amides is 1.